The molecule has 0 aromatic carbocycles. The maximum absolute atomic E-state index is 5.74. The summed E-state index contributed by atoms with van der Waals surface area (Å²) in [7, 11) is 0. The lowest BCUT2D eigenvalue weighted by Crippen LogP contribution is -2.17. The Kier molecular flexibility index (Phi) is 4.08. The number of allylic oxidation sites excluding steroid dienone is 2. The number of rotatable bonds is 3. The van der Waals surface area contributed by atoms with Gasteiger partial charge in [0.2, 0.25) is 0 Å². The lowest BCUT2D eigenvalue weighted by Gasteiger charge is -2.06. The molecule has 10 heavy (non-hydrogen) atoms. The molecule has 0 rings (SSSR count). The molecule has 0 radical (unpaired) electrons. The summed E-state index contributed by atoms with van der Waals surface area (Å²) in [4.78, 5) is 0. The summed E-state index contributed by atoms with van der Waals surface area (Å²) in [6.07, 6.45) is 3.20. The van der Waals surface area contributed by atoms with Crippen molar-refractivity contribution >= 4 is 11.6 Å². The molecule has 0 saturated carbocycles. The predicted octanol–water partition coefficient (Wildman–Crippen LogP) is 2.20. The number of halogens is 1. The second kappa shape index (κ2) is 4.31. The SMILES string of the molecule is C=C/C(Cl)=C(\C=C)C(C)N. The van der Waals surface area contributed by atoms with E-state index in [0.29, 0.717) is 5.03 Å². The van der Waals surface area contributed by atoms with E-state index in [1.54, 1.807) is 12.2 Å². The van der Waals surface area contributed by atoms with Crippen LogP contribution in [0, 0.1) is 0 Å². The van der Waals surface area contributed by atoms with Crippen LogP contribution in [-0.4, -0.2) is 6.04 Å². The molecule has 0 saturated heterocycles. The largest absolute Gasteiger partial charge is 0.324 e. The van der Waals surface area contributed by atoms with Crippen molar-refractivity contribution in [3.05, 3.63) is 35.9 Å². The van der Waals surface area contributed by atoms with E-state index in [9.17, 15) is 0 Å². The molecule has 0 bridgehead atoms. The van der Waals surface area contributed by atoms with Gasteiger partial charge in [0, 0.05) is 11.1 Å². The molecule has 1 nitrogen and oxygen atoms in total. The van der Waals surface area contributed by atoms with E-state index in [2.05, 4.69) is 13.2 Å². The minimum absolute atomic E-state index is 0.0806. The molecule has 0 heterocycles. The molecule has 56 valence electrons. The van der Waals surface area contributed by atoms with Gasteiger partial charge in [-0.05, 0) is 12.5 Å². The summed E-state index contributed by atoms with van der Waals surface area (Å²) in [6, 6.07) is -0.0806. The van der Waals surface area contributed by atoms with Gasteiger partial charge in [-0.15, -0.1) is 0 Å². The molecule has 0 aliphatic heterocycles. The Bertz CT molecular complexity index is 168. The third-order valence-corrected chi connectivity index (χ3v) is 1.54. The van der Waals surface area contributed by atoms with E-state index >= 15 is 0 Å². The van der Waals surface area contributed by atoms with Gasteiger partial charge in [0.1, 0.15) is 0 Å². The van der Waals surface area contributed by atoms with Gasteiger partial charge in [0.25, 0.3) is 0 Å². The maximum Gasteiger partial charge on any atom is 0.0447 e. The molecule has 0 aliphatic rings. The first-order chi connectivity index (χ1) is 4.63. The van der Waals surface area contributed by atoms with Gasteiger partial charge in [-0.25, -0.2) is 0 Å². The van der Waals surface area contributed by atoms with Crippen LogP contribution in [-0.2, 0) is 0 Å². The highest BCUT2D eigenvalue weighted by molar-refractivity contribution is 6.31. The monoisotopic (exact) mass is 157 g/mol. The fourth-order valence-corrected chi connectivity index (χ4v) is 0.868. The Morgan fingerprint density at radius 1 is 1.50 bits per heavy atom. The number of hydrogen-bond donors (Lipinski definition) is 1. The van der Waals surface area contributed by atoms with Gasteiger partial charge in [0.05, 0.1) is 0 Å². The molecule has 0 aliphatic carbocycles. The fourth-order valence-electron chi connectivity index (χ4n) is 0.619. The smallest absolute Gasteiger partial charge is 0.0447 e. The first-order valence-corrected chi connectivity index (χ1v) is 3.41. The minimum atomic E-state index is -0.0806. The van der Waals surface area contributed by atoms with E-state index in [0.717, 1.165) is 5.57 Å². The second-order valence-corrected chi connectivity index (χ2v) is 2.41. The Labute approximate surface area is 66.9 Å². The third kappa shape index (κ3) is 2.38. The minimum Gasteiger partial charge on any atom is -0.324 e. The number of nitrogens with two attached hydrogens (primary N) is 1. The summed E-state index contributed by atoms with van der Waals surface area (Å²) >= 11 is 5.74. The van der Waals surface area contributed by atoms with Gasteiger partial charge >= 0.3 is 0 Å². The summed E-state index contributed by atoms with van der Waals surface area (Å²) in [5.41, 5.74) is 6.39. The summed E-state index contributed by atoms with van der Waals surface area (Å²) < 4.78 is 0. The lowest BCUT2D eigenvalue weighted by atomic mass is 10.1. The van der Waals surface area contributed by atoms with Crippen LogP contribution in [0.5, 0.6) is 0 Å². The highest BCUT2D eigenvalue weighted by Crippen LogP contribution is 2.13. The molecule has 2 N–H and O–H groups in total. The van der Waals surface area contributed by atoms with Gasteiger partial charge in [-0.3, -0.25) is 0 Å². The van der Waals surface area contributed by atoms with Crippen molar-refractivity contribution in [1.82, 2.24) is 0 Å². The van der Waals surface area contributed by atoms with Crippen LogP contribution in [0.1, 0.15) is 6.92 Å². The van der Waals surface area contributed by atoms with Crippen LogP contribution in [0.15, 0.2) is 35.9 Å². The highest BCUT2D eigenvalue weighted by atomic mass is 35.5. The van der Waals surface area contributed by atoms with Gasteiger partial charge in [0.15, 0.2) is 0 Å². The average Bonchev–Trinajstić information content (AvgIpc) is 1.88. The average molecular weight is 158 g/mol. The van der Waals surface area contributed by atoms with Crippen molar-refractivity contribution in [3.8, 4) is 0 Å². The Balaban J connectivity index is 4.61. The van der Waals surface area contributed by atoms with Crippen molar-refractivity contribution in [2.24, 2.45) is 5.73 Å². The van der Waals surface area contributed by atoms with Gasteiger partial charge in [-0.2, -0.15) is 0 Å². The van der Waals surface area contributed by atoms with Crippen LogP contribution >= 0.6 is 11.6 Å². The maximum atomic E-state index is 5.74. The van der Waals surface area contributed by atoms with Crippen LogP contribution in [0.25, 0.3) is 0 Å². The van der Waals surface area contributed by atoms with Crippen LogP contribution in [0.3, 0.4) is 0 Å². The molecule has 0 spiro atoms. The van der Waals surface area contributed by atoms with E-state index in [1.807, 2.05) is 6.92 Å². The van der Waals surface area contributed by atoms with Crippen LogP contribution < -0.4 is 5.73 Å². The van der Waals surface area contributed by atoms with Crippen molar-refractivity contribution in [3.63, 3.8) is 0 Å². The van der Waals surface area contributed by atoms with E-state index in [-0.39, 0.29) is 6.04 Å². The predicted molar refractivity (Wildman–Crippen MR) is 46.9 cm³/mol. The first-order valence-electron chi connectivity index (χ1n) is 3.03. The molecule has 0 fully saturated rings. The Morgan fingerprint density at radius 2 is 2.00 bits per heavy atom. The first kappa shape index (κ1) is 9.47. The molecule has 2 heteroatoms. The lowest BCUT2D eigenvalue weighted by molar-refractivity contribution is 0.883. The normalized spacial score (nSPS) is 15.5. The molecular weight excluding hydrogens is 146 g/mol. The quantitative estimate of drug-likeness (QED) is 0.625. The van der Waals surface area contributed by atoms with Gasteiger partial charge < -0.3 is 5.73 Å². The van der Waals surface area contributed by atoms with E-state index < -0.39 is 0 Å². The highest BCUT2D eigenvalue weighted by Gasteiger charge is 2.01. The molecule has 0 aromatic rings. The molecule has 0 aromatic heterocycles. The van der Waals surface area contributed by atoms with Crippen molar-refractivity contribution in [2.75, 3.05) is 0 Å². The zero-order valence-corrected chi connectivity index (χ0v) is 6.86. The standard InChI is InChI=1S/C8H12ClN/c1-4-7(6(3)10)8(9)5-2/h4-6H,1-2,10H2,3H3/b8-7-. The summed E-state index contributed by atoms with van der Waals surface area (Å²) in [6.45, 7) is 8.95. The van der Waals surface area contributed by atoms with Crippen molar-refractivity contribution < 1.29 is 0 Å². The Morgan fingerprint density at radius 3 is 2.10 bits per heavy atom. The molecular formula is C8H12ClN. The van der Waals surface area contributed by atoms with Crippen molar-refractivity contribution in [2.45, 2.75) is 13.0 Å². The topological polar surface area (TPSA) is 26.0 Å². The van der Waals surface area contributed by atoms with Crippen molar-refractivity contribution in [1.29, 1.82) is 0 Å². The third-order valence-electron chi connectivity index (χ3n) is 1.17. The van der Waals surface area contributed by atoms with Gasteiger partial charge in [-0.1, -0.05) is 36.9 Å². The Hall–Kier alpha value is -0.530. The van der Waals surface area contributed by atoms with E-state index in [1.165, 1.54) is 0 Å². The number of hydrogen-bond acceptors (Lipinski definition) is 1. The fraction of sp³-hybridized carbons (Fsp3) is 0.250. The second-order valence-electron chi connectivity index (χ2n) is 2.00. The van der Waals surface area contributed by atoms with Crippen LogP contribution in [0.2, 0.25) is 0 Å². The molecule has 1 unspecified atom stereocenters. The molecule has 0 amide bonds. The van der Waals surface area contributed by atoms with Crippen LogP contribution in [0.4, 0.5) is 0 Å². The zero-order valence-electron chi connectivity index (χ0n) is 6.10. The molecule has 1 atom stereocenters. The summed E-state index contributed by atoms with van der Waals surface area (Å²) in [5.74, 6) is 0. The zero-order chi connectivity index (χ0) is 8.15. The van der Waals surface area contributed by atoms with E-state index in [4.69, 9.17) is 17.3 Å². The summed E-state index contributed by atoms with van der Waals surface area (Å²) in [5, 5.41) is 0.574.